The number of likely N-dealkylation sites (N-methyl/N-ethyl adjacent to an activating group) is 1. The third-order valence-corrected chi connectivity index (χ3v) is 3.28. The molecule has 0 aliphatic heterocycles. The van der Waals surface area contributed by atoms with E-state index in [0.29, 0.717) is 12.2 Å². The van der Waals surface area contributed by atoms with Crippen LogP contribution in [0.4, 0.5) is 0 Å². The molecule has 2 N–H and O–H groups in total. The number of hydrogen-bond acceptors (Lipinski definition) is 4. The van der Waals surface area contributed by atoms with Crippen LogP contribution in [0.1, 0.15) is 22.9 Å². The van der Waals surface area contributed by atoms with Crippen molar-refractivity contribution >= 4 is 5.91 Å². The maximum atomic E-state index is 12.3. The lowest BCUT2D eigenvalue weighted by atomic mass is 10.1. The molecular formula is C16H18N2O3. The summed E-state index contributed by atoms with van der Waals surface area (Å²) in [4.78, 5) is 17.8. The summed E-state index contributed by atoms with van der Waals surface area (Å²) in [6.45, 7) is 2.15. The van der Waals surface area contributed by atoms with Gasteiger partial charge in [0.25, 0.3) is 5.91 Å². The van der Waals surface area contributed by atoms with E-state index < -0.39 is 12.0 Å². The number of hydrogen-bond donors (Lipinski definition) is 2. The number of phenols is 1. The standard InChI is InChI=1S/C16H18N2O3/c1-11-4-3-9-17-14(11)15(20)16(21)18(2)10-12-5-7-13(19)8-6-12/h3-9,15,19-20H,10H2,1-2H3/t15-/m0/s1. The minimum absolute atomic E-state index is 0.178. The van der Waals surface area contributed by atoms with E-state index >= 15 is 0 Å². The number of aryl methyl sites for hydroxylation is 1. The summed E-state index contributed by atoms with van der Waals surface area (Å²) >= 11 is 0. The molecule has 0 unspecified atom stereocenters. The van der Waals surface area contributed by atoms with E-state index in [9.17, 15) is 15.0 Å². The van der Waals surface area contributed by atoms with Crippen LogP contribution in [0.5, 0.6) is 5.75 Å². The Balaban J connectivity index is 2.08. The zero-order valence-corrected chi connectivity index (χ0v) is 12.0. The minimum atomic E-state index is -1.27. The van der Waals surface area contributed by atoms with Crippen molar-refractivity contribution in [2.24, 2.45) is 0 Å². The molecule has 2 aromatic rings. The summed E-state index contributed by atoms with van der Waals surface area (Å²) in [7, 11) is 1.62. The third kappa shape index (κ3) is 3.58. The number of carbonyl (C=O) groups excluding carboxylic acids is 1. The maximum absolute atomic E-state index is 12.3. The van der Waals surface area contributed by atoms with Crippen molar-refractivity contribution < 1.29 is 15.0 Å². The third-order valence-electron chi connectivity index (χ3n) is 3.28. The number of aliphatic hydroxyl groups is 1. The Morgan fingerprint density at radius 1 is 1.29 bits per heavy atom. The summed E-state index contributed by atoms with van der Waals surface area (Å²) < 4.78 is 0. The number of rotatable bonds is 4. The van der Waals surface area contributed by atoms with Crippen LogP contribution < -0.4 is 0 Å². The monoisotopic (exact) mass is 286 g/mol. The van der Waals surface area contributed by atoms with Crippen LogP contribution in [0.15, 0.2) is 42.6 Å². The molecule has 110 valence electrons. The normalized spacial score (nSPS) is 12.0. The average molecular weight is 286 g/mol. The number of carbonyl (C=O) groups is 1. The molecule has 2 rings (SSSR count). The Morgan fingerprint density at radius 2 is 1.95 bits per heavy atom. The summed E-state index contributed by atoms with van der Waals surface area (Å²) in [5.74, 6) is -0.234. The second-order valence-corrected chi connectivity index (χ2v) is 4.97. The molecule has 1 amide bonds. The number of aliphatic hydroxyl groups excluding tert-OH is 1. The summed E-state index contributed by atoms with van der Waals surface area (Å²) in [5, 5.41) is 19.4. The lowest BCUT2D eigenvalue weighted by Gasteiger charge is -2.21. The Hall–Kier alpha value is -2.40. The molecular weight excluding hydrogens is 268 g/mol. The number of nitrogens with zero attached hydrogens (tertiary/aromatic N) is 2. The number of amides is 1. The van der Waals surface area contributed by atoms with Crippen molar-refractivity contribution in [3.05, 3.63) is 59.4 Å². The molecule has 1 aromatic heterocycles. The predicted octanol–water partition coefficient (Wildman–Crippen LogP) is 1.79. The molecule has 1 heterocycles. The highest BCUT2D eigenvalue weighted by Gasteiger charge is 2.23. The molecule has 0 aliphatic rings. The lowest BCUT2D eigenvalue weighted by Crippen LogP contribution is -2.32. The van der Waals surface area contributed by atoms with E-state index in [1.165, 1.54) is 4.90 Å². The quantitative estimate of drug-likeness (QED) is 0.898. The molecule has 0 bridgehead atoms. The molecule has 5 nitrogen and oxygen atoms in total. The lowest BCUT2D eigenvalue weighted by molar-refractivity contribution is -0.139. The van der Waals surface area contributed by atoms with E-state index in [0.717, 1.165) is 11.1 Å². The first kappa shape index (κ1) is 15.0. The van der Waals surface area contributed by atoms with Crippen LogP contribution in [0, 0.1) is 6.92 Å². The van der Waals surface area contributed by atoms with Gasteiger partial charge in [-0.2, -0.15) is 0 Å². The first-order valence-corrected chi connectivity index (χ1v) is 6.61. The Kier molecular flexibility index (Phi) is 4.55. The summed E-state index contributed by atoms with van der Waals surface area (Å²) in [5.41, 5.74) is 2.02. The van der Waals surface area contributed by atoms with Crippen molar-refractivity contribution in [1.29, 1.82) is 0 Å². The molecule has 1 aromatic carbocycles. The van der Waals surface area contributed by atoms with Crippen molar-refractivity contribution in [3.8, 4) is 5.75 Å². The van der Waals surface area contributed by atoms with Gasteiger partial charge in [0.2, 0.25) is 0 Å². The van der Waals surface area contributed by atoms with E-state index in [2.05, 4.69) is 4.98 Å². The van der Waals surface area contributed by atoms with Crippen LogP contribution in [-0.4, -0.2) is 33.1 Å². The molecule has 0 radical (unpaired) electrons. The number of pyridine rings is 1. The first-order valence-electron chi connectivity index (χ1n) is 6.61. The van der Waals surface area contributed by atoms with Crippen LogP contribution in [0.3, 0.4) is 0 Å². The van der Waals surface area contributed by atoms with E-state index in [4.69, 9.17) is 0 Å². The van der Waals surface area contributed by atoms with E-state index in [1.54, 1.807) is 56.6 Å². The second kappa shape index (κ2) is 6.37. The van der Waals surface area contributed by atoms with Gasteiger partial charge in [-0.25, -0.2) is 0 Å². The molecule has 0 aliphatic carbocycles. The number of benzene rings is 1. The fourth-order valence-corrected chi connectivity index (χ4v) is 2.06. The Morgan fingerprint density at radius 3 is 2.57 bits per heavy atom. The van der Waals surface area contributed by atoms with Gasteiger partial charge in [-0.3, -0.25) is 9.78 Å². The number of aromatic hydroxyl groups is 1. The SMILES string of the molecule is Cc1cccnc1[C@H](O)C(=O)N(C)Cc1ccc(O)cc1. The molecule has 0 saturated heterocycles. The van der Waals surface area contributed by atoms with Gasteiger partial charge in [-0.1, -0.05) is 18.2 Å². The van der Waals surface area contributed by atoms with Gasteiger partial charge >= 0.3 is 0 Å². The van der Waals surface area contributed by atoms with Gasteiger partial charge in [0.1, 0.15) is 5.75 Å². The molecule has 0 spiro atoms. The maximum Gasteiger partial charge on any atom is 0.257 e. The second-order valence-electron chi connectivity index (χ2n) is 4.97. The average Bonchev–Trinajstić information content (AvgIpc) is 2.48. The topological polar surface area (TPSA) is 73.7 Å². The first-order chi connectivity index (χ1) is 9.99. The van der Waals surface area contributed by atoms with Crippen molar-refractivity contribution in [2.75, 3.05) is 7.05 Å². The molecule has 1 atom stereocenters. The highest BCUT2D eigenvalue weighted by Crippen LogP contribution is 2.18. The van der Waals surface area contributed by atoms with Gasteiger partial charge in [0.05, 0.1) is 5.69 Å². The Bertz CT molecular complexity index is 626. The van der Waals surface area contributed by atoms with Crippen LogP contribution >= 0.6 is 0 Å². The Labute approximate surface area is 123 Å². The van der Waals surface area contributed by atoms with Gasteiger partial charge in [0, 0.05) is 19.8 Å². The minimum Gasteiger partial charge on any atom is -0.508 e. The van der Waals surface area contributed by atoms with Gasteiger partial charge in [0.15, 0.2) is 6.10 Å². The summed E-state index contributed by atoms with van der Waals surface area (Å²) in [6.07, 6.45) is 0.284. The van der Waals surface area contributed by atoms with Crippen LogP contribution in [0.2, 0.25) is 0 Å². The molecule has 21 heavy (non-hydrogen) atoms. The molecule has 0 saturated carbocycles. The van der Waals surface area contributed by atoms with E-state index in [1.807, 2.05) is 0 Å². The van der Waals surface area contributed by atoms with Crippen LogP contribution in [0.25, 0.3) is 0 Å². The van der Waals surface area contributed by atoms with Crippen molar-refractivity contribution in [3.63, 3.8) is 0 Å². The van der Waals surface area contributed by atoms with Crippen LogP contribution in [-0.2, 0) is 11.3 Å². The van der Waals surface area contributed by atoms with Crippen molar-refractivity contribution in [1.82, 2.24) is 9.88 Å². The highest BCUT2D eigenvalue weighted by atomic mass is 16.3. The number of phenolic OH excluding ortho intramolecular Hbond substituents is 1. The fraction of sp³-hybridized carbons (Fsp3) is 0.250. The van der Waals surface area contributed by atoms with Gasteiger partial charge < -0.3 is 15.1 Å². The molecule has 0 fully saturated rings. The van der Waals surface area contributed by atoms with Crippen molar-refractivity contribution in [2.45, 2.75) is 19.6 Å². The smallest absolute Gasteiger partial charge is 0.257 e. The zero-order valence-electron chi connectivity index (χ0n) is 12.0. The number of aromatic nitrogens is 1. The molecule has 5 heteroatoms. The van der Waals surface area contributed by atoms with Gasteiger partial charge in [-0.15, -0.1) is 0 Å². The highest BCUT2D eigenvalue weighted by molar-refractivity contribution is 5.81. The fourth-order valence-electron chi connectivity index (χ4n) is 2.06. The zero-order chi connectivity index (χ0) is 15.4. The largest absolute Gasteiger partial charge is 0.508 e. The van der Waals surface area contributed by atoms with E-state index in [-0.39, 0.29) is 5.75 Å². The predicted molar refractivity (Wildman–Crippen MR) is 78.5 cm³/mol. The van der Waals surface area contributed by atoms with Gasteiger partial charge in [-0.05, 0) is 36.2 Å². The summed E-state index contributed by atoms with van der Waals surface area (Å²) in [6, 6.07) is 10.2.